The van der Waals surface area contributed by atoms with Gasteiger partial charge in [0, 0.05) is 22.3 Å². The minimum absolute atomic E-state index is 0.0695. The molecule has 4 rings (SSSR count). The van der Waals surface area contributed by atoms with E-state index in [1.807, 2.05) is 0 Å². The maximum atomic E-state index is 12.3. The summed E-state index contributed by atoms with van der Waals surface area (Å²) in [5.41, 5.74) is 5.20. The van der Waals surface area contributed by atoms with E-state index in [0.717, 1.165) is 6.33 Å². The average molecular weight is 443 g/mol. The van der Waals surface area contributed by atoms with Crippen molar-refractivity contribution in [2.75, 3.05) is 24.0 Å². The van der Waals surface area contributed by atoms with Crippen LogP contribution < -0.4 is 25.6 Å². The Balaban J connectivity index is 1.54. The molecule has 1 aliphatic rings. The molecule has 1 aromatic heterocycles. The van der Waals surface area contributed by atoms with Gasteiger partial charge in [0.05, 0.1) is 4.92 Å². The summed E-state index contributed by atoms with van der Waals surface area (Å²) in [6.45, 7) is 0.861. The Kier molecular flexibility index (Phi) is 5.67. The Labute approximate surface area is 180 Å². The van der Waals surface area contributed by atoms with E-state index < -0.39 is 16.5 Å². The lowest BCUT2D eigenvalue weighted by atomic mass is 10.2. The molecule has 0 unspecified atom stereocenters. The zero-order valence-electron chi connectivity index (χ0n) is 15.8. The first-order chi connectivity index (χ1) is 15.0. The van der Waals surface area contributed by atoms with Gasteiger partial charge in [-0.15, -0.1) is 0 Å². The molecule has 0 saturated heterocycles. The van der Waals surface area contributed by atoms with Crippen molar-refractivity contribution >= 4 is 40.5 Å². The Hall–Kier alpha value is -4.12. The molecule has 2 aromatic carbocycles. The number of nitrogens with one attached hydrogen (secondary N) is 3. The fourth-order valence-electron chi connectivity index (χ4n) is 2.78. The zero-order valence-corrected chi connectivity index (χ0v) is 16.5. The predicted molar refractivity (Wildman–Crippen MR) is 112 cm³/mol. The van der Waals surface area contributed by atoms with E-state index in [1.165, 1.54) is 12.1 Å². The molecule has 0 saturated carbocycles. The molecule has 0 fully saturated rings. The lowest BCUT2D eigenvalue weighted by Crippen LogP contribution is -2.30. The summed E-state index contributed by atoms with van der Waals surface area (Å²) in [4.78, 5) is 31.1. The number of carbonyl (C=O) groups is 1. The summed E-state index contributed by atoms with van der Waals surface area (Å²) >= 11 is 5.81. The maximum Gasteiger partial charge on any atom is 0.355 e. The molecule has 0 bridgehead atoms. The van der Waals surface area contributed by atoms with Crippen molar-refractivity contribution in [2.24, 2.45) is 0 Å². The van der Waals surface area contributed by atoms with Gasteiger partial charge in [-0.1, -0.05) is 11.6 Å². The second-order valence-electron chi connectivity index (χ2n) is 6.25. The molecule has 3 N–H and O–H groups in total. The third-order valence-corrected chi connectivity index (χ3v) is 4.46. The van der Waals surface area contributed by atoms with Crippen LogP contribution in [-0.2, 0) is 0 Å². The van der Waals surface area contributed by atoms with E-state index in [-0.39, 0.29) is 11.6 Å². The number of hydrazine groups is 1. The smallest absolute Gasteiger partial charge is 0.355 e. The molecule has 0 spiro atoms. The van der Waals surface area contributed by atoms with Gasteiger partial charge in [0.1, 0.15) is 19.5 Å². The van der Waals surface area contributed by atoms with Gasteiger partial charge in [0.15, 0.2) is 11.5 Å². The molecule has 3 aromatic rings. The van der Waals surface area contributed by atoms with E-state index in [2.05, 4.69) is 26.1 Å². The molecule has 11 nitrogen and oxygen atoms in total. The summed E-state index contributed by atoms with van der Waals surface area (Å²) in [5, 5.41) is 15.0. The third kappa shape index (κ3) is 4.56. The van der Waals surface area contributed by atoms with Crippen LogP contribution in [0.2, 0.25) is 5.02 Å². The van der Waals surface area contributed by atoms with Crippen LogP contribution in [0.5, 0.6) is 11.5 Å². The average Bonchev–Trinajstić information content (AvgIpc) is 2.77. The van der Waals surface area contributed by atoms with Crippen molar-refractivity contribution in [1.29, 1.82) is 0 Å². The quantitative estimate of drug-likeness (QED) is 0.387. The number of hydrogen-bond donors (Lipinski definition) is 3. The highest BCUT2D eigenvalue weighted by atomic mass is 35.5. The fourth-order valence-corrected chi connectivity index (χ4v) is 2.91. The highest BCUT2D eigenvalue weighted by Gasteiger charge is 2.24. The van der Waals surface area contributed by atoms with Crippen LogP contribution >= 0.6 is 11.6 Å². The lowest BCUT2D eigenvalue weighted by Gasteiger charge is -2.19. The number of rotatable bonds is 6. The number of anilines is 3. The van der Waals surface area contributed by atoms with Crippen LogP contribution in [0.25, 0.3) is 0 Å². The molecule has 12 heteroatoms. The van der Waals surface area contributed by atoms with E-state index in [9.17, 15) is 14.9 Å². The van der Waals surface area contributed by atoms with Crippen LogP contribution in [0.1, 0.15) is 10.4 Å². The molecular formula is C19H15ClN6O5. The number of nitrogens with zero attached hydrogens (tertiary/aromatic N) is 3. The molecule has 1 amide bonds. The number of benzene rings is 2. The standard InChI is InChI=1S/C19H15ClN6O5/c20-12-3-1-11(2-4-12)19(27)25-24-18-16(26(28)29)17(21-10-22-18)23-13-5-6-14-15(9-13)31-8-7-30-14/h1-6,9-10H,7-8H2,(H,25,27)(H2,21,22,23,24). The summed E-state index contributed by atoms with van der Waals surface area (Å²) in [5.74, 6) is 0.316. The normalized spacial score (nSPS) is 12.0. The molecule has 1 aliphatic heterocycles. The van der Waals surface area contributed by atoms with E-state index in [0.29, 0.717) is 41.0 Å². The highest BCUT2D eigenvalue weighted by Crippen LogP contribution is 2.36. The van der Waals surface area contributed by atoms with Crippen LogP contribution in [-0.4, -0.2) is 34.0 Å². The summed E-state index contributed by atoms with van der Waals surface area (Å²) in [6, 6.07) is 11.2. The van der Waals surface area contributed by atoms with Crippen molar-refractivity contribution in [3.63, 3.8) is 0 Å². The Bertz CT molecular complexity index is 1140. The molecule has 0 aliphatic carbocycles. The van der Waals surface area contributed by atoms with Crippen LogP contribution in [0.3, 0.4) is 0 Å². The molecule has 31 heavy (non-hydrogen) atoms. The van der Waals surface area contributed by atoms with Gasteiger partial charge in [-0.3, -0.25) is 25.8 Å². The monoisotopic (exact) mass is 442 g/mol. The first-order valence-corrected chi connectivity index (χ1v) is 9.37. The predicted octanol–water partition coefficient (Wildman–Crippen LogP) is 3.31. The first-order valence-electron chi connectivity index (χ1n) is 8.99. The number of nitro groups is 1. The van der Waals surface area contributed by atoms with Crippen molar-refractivity contribution in [1.82, 2.24) is 15.4 Å². The van der Waals surface area contributed by atoms with Gasteiger partial charge in [0.25, 0.3) is 5.91 Å². The SMILES string of the molecule is O=C(NNc1ncnc(Nc2ccc3c(c2)OCCO3)c1[N+](=O)[O-])c1ccc(Cl)cc1. The second-order valence-corrected chi connectivity index (χ2v) is 6.68. The van der Waals surface area contributed by atoms with Gasteiger partial charge >= 0.3 is 5.69 Å². The molecule has 0 radical (unpaired) electrons. The first kappa shape index (κ1) is 20.2. The minimum atomic E-state index is -0.656. The zero-order chi connectivity index (χ0) is 21.8. The minimum Gasteiger partial charge on any atom is -0.486 e. The van der Waals surface area contributed by atoms with Gasteiger partial charge < -0.3 is 14.8 Å². The third-order valence-electron chi connectivity index (χ3n) is 4.21. The molecule has 0 atom stereocenters. The van der Waals surface area contributed by atoms with Crippen molar-refractivity contribution in [3.05, 3.63) is 69.5 Å². The highest BCUT2D eigenvalue weighted by molar-refractivity contribution is 6.30. The van der Waals surface area contributed by atoms with Crippen LogP contribution in [0.4, 0.5) is 23.0 Å². The number of aromatic nitrogens is 2. The molecule has 2 heterocycles. The van der Waals surface area contributed by atoms with E-state index in [4.69, 9.17) is 21.1 Å². The molecule has 158 valence electrons. The van der Waals surface area contributed by atoms with Crippen molar-refractivity contribution in [2.45, 2.75) is 0 Å². The number of halogens is 1. The van der Waals surface area contributed by atoms with E-state index in [1.54, 1.807) is 30.3 Å². The summed E-state index contributed by atoms with van der Waals surface area (Å²) in [6.07, 6.45) is 1.13. The number of amides is 1. The van der Waals surface area contributed by atoms with Gasteiger partial charge in [-0.2, -0.15) is 0 Å². The lowest BCUT2D eigenvalue weighted by molar-refractivity contribution is -0.383. The van der Waals surface area contributed by atoms with Gasteiger partial charge in [-0.05, 0) is 36.4 Å². The maximum absolute atomic E-state index is 12.3. The summed E-state index contributed by atoms with van der Waals surface area (Å²) in [7, 11) is 0. The van der Waals surface area contributed by atoms with Gasteiger partial charge in [0.2, 0.25) is 11.6 Å². The topological polar surface area (TPSA) is 141 Å². The largest absolute Gasteiger partial charge is 0.486 e. The number of ether oxygens (including phenoxy) is 2. The van der Waals surface area contributed by atoms with Crippen LogP contribution in [0.15, 0.2) is 48.8 Å². The van der Waals surface area contributed by atoms with Crippen LogP contribution in [0, 0.1) is 10.1 Å². The molecular weight excluding hydrogens is 428 g/mol. The fraction of sp³-hybridized carbons (Fsp3) is 0.105. The van der Waals surface area contributed by atoms with E-state index >= 15 is 0 Å². The van der Waals surface area contributed by atoms with Crippen molar-refractivity contribution in [3.8, 4) is 11.5 Å². The number of hydrogen-bond acceptors (Lipinski definition) is 9. The number of carbonyl (C=O) groups excluding carboxylic acids is 1. The summed E-state index contributed by atoms with van der Waals surface area (Å²) < 4.78 is 11.0. The Morgan fingerprint density at radius 2 is 1.74 bits per heavy atom. The second kappa shape index (κ2) is 8.71. The Morgan fingerprint density at radius 3 is 2.48 bits per heavy atom. The van der Waals surface area contributed by atoms with Crippen molar-refractivity contribution < 1.29 is 19.2 Å². The van der Waals surface area contributed by atoms with Gasteiger partial charge in [-0.25, -0.2) is 9.97 Å². The Morgan fingerprint density at radius 1 is 1.03 bits per heavy atom. The number of fused-ring (bicyclic) bond motifs is 1.